The Bertz CT molecular complexity index is 636. The fraction of sp³-hybridized carbons (Fsp3) is 0.500. The molecule has 0 heterocycles. The summed E-state index contributed by atoms with van der Waals surface area (Å²) in [5.41, 5.74) is 0.142. The molecule has 0 unspecified atom stereocenters. The molecule has 0 aliphatic heterocycles. The lowest BCUT2D eigenvalue weighted by Gasteiger charge is -2.23. The van der Waals surface area contributed by atoms with Gasteiger partial charge in [0, 0.05) is 17.6 Å². The third-order valence-corrected chi connectivity index (χ3v) is 4.90. The summed E-state index contributed by atoms with van der Waals surface area (Å²) in [5, 5.41) is 3.20. The highest BCUT2D eigenvalue weighted by Gasteiger charge is 2.25. The first-order valence-corrected chi connectivity index (χ1v) is 8.29. The van der Waals surface area contributed by atoms with Crippen LogP contribution in [0.1, 0.15) is 26.3 Å². The van der Waals surface area contributed by atoms with E-state index in [1.54, 1.807) is 13.0 Å². The molecule has 1 amide bonds. The van der Waals surface area contributed by atoms with Gasteiger partial charge in [-0.2, -0.15) is 4.31 Å². The Morgan fingerprint density at radius 2 is 1.90 bits per heavy atom. The Hall–Kier alpha value is -1.11. The van der Waals surface area contributed by atoms with Crippen molar-refractivity contribution >= 4 is 27.5 Å². The van der Waals surface area contributed by atoms with Crippen LogP contribution in [0.2, 0.25) is 5.02 Å². The summed E-state index contributed by atoms with van der Waals surface area (Å²) in [6.07, 6.45) is 0. The van der Waals surface area contributed by atoms with E-state index in [1.165, 1.54) is 19.2 Å². The van der Waals surface area contributed by atoms with E-state index in [9.17, 15) is 13.2 Å². The molecule has 0 fully saturated rings. The second kappa shape index (κ2) is 6.34. The molecule has 21 heavy (non-hydrogen) atoms. The van der Waals surface area contributed by atoms with Crippen molar-refractivity contribution in [2.45, 2.75) is 38.1 Å². The number of hydrogen-bond acceptors (Lipinski definition) is 3. The minimum absolute atomic E-state index is 0.151. The quantitative estimate of drug-likeness (QED) is 0.919. The average Bonchev–Trinajstić information content (AvgIpc) is 2.25. The summed E-state index contributed by atoms with van der Waals surface area (Å²) in [6, 6.07) is 4.55. The molecule has 0 spiro atoms. The van der Waals surface area contributed by atoms with E-state index in [0.29, 0.717) is 10.6 Å². The van der Waals surface area contributed by atoms with Crippen LogP contribution in [-0.4, -0.2) is 37.8 Å². The maximum absolute atomic E-state index is 12.5. The van der Waals surface area contributed by atoms with Crippen molar-refractivity contribution in [3.05, 3.63) is 28.8 Å². The number of carbonyl (C=O) groups excluding carboxylic acids is 1. The molecule has 5 nitrogen and oxygen atoms in total. The minimum Gasteiger partial charge on any atom is -0.350 e. The molecule has 1 aromatic carbocycles. The maximum Gasteiger partial charge on any atom is 0.243 e. The van der Waals surface area contributed by atoms with Crippen molar-refractivity contribution in [1.29, 1.82) is 0 Å². The molecule has 0 aliphatic rings. The zero-order chi connectivity index (χ0) is 16.4. The van der Waals surface area contributed by atoms with Gasteiger partial charge < -0.3 is 5.32 Å². The van der Waals surface area contributed by atoms with E-state index >= 15 is 0 Å². The largest absolute Gasteiger partial charge is 0.350 e. The van der Waals surface area contributed by atoms with Gasteiger partial charge in [-0.05, 0) is 51.5 Å². The van der Waals surface area contributed by atoms with E-state index in [4.69, 9.17) is 11.6 Å². The lowest BCUT2D eigenvalue weighted by molar-refractivity contribution is -0.122. The first-order valence-electron chi connectivity index (χ1n) is 6.47. The van der Waals surface area contributed by atoms with E-state index in [-0.39, 0.29) is 17.3 Å². The highest BCUT2D eigenvalue weighted by atomic mass is 35.5. The SMILES string of the molecule is Cc1cc(Cl)ccc1S(=O)(=O)N(C)CC(=O)NC(C)(C)C. The Balaban J connectivity index is 2.95. The molecular formula is C14H21ClN2O3S. The van der Waals surface area contributed by atoms with Gasteiger partial charge in [-0.3, -0.25) is 4.79 Å². The summed E-state index contributed by atoms with van der Waals surface area (Å²) in [4.78, 5) is 12.0. The predicted octanol–water partition coefficient (Wildman–Crippen LogP) is 2.18. The van der Waals surface area contributed by atoms with Gasteiger partial charge >= 0.3 is 0 Å². The van der Waals surface area contributed by atoms with Crippen molar-refractivity contribution in [2.24, 2.45) is 0 Å². The van der Waals surface area contributed by atoms with Crippen molar-refractivity contribution in [2.75, 3.05) is 13.6 Å². The number of rotatable bonds is 4. The van der Waals surface area contributed by atoms with E-state index < -0.39 is 15.6 Å². The first-order chi connectivity index (χ1) is 9.43. The third kappa shape index (κ3) is 4.98. The molecule has 0 saturated carbocycles. The van der Waals surface area contributed by atoms with Crippen LogP contribution in [0, 0.1) is 6.92 Å². The normalized spacial score (nSPS) is 12.5. The number of likely N-dealkylation sites (N-methyl/N-ethyl adjacent to an activating group) is 1. The fourth-order valence-corrected chi connectivity index (χ4v) is 3.37. The number of benzene rings is 1. The van der Waals surface area contributed by atoms with E-state index in [1.807, 2.05) is 20.8 Å². The number of carbonyl (C=O) groups is 1. The van der Waals surface area contributed by atoms with Crippen LogP contribution in [0.5, 0.6) is 0 Å². The molecule has 1 rings (SSSR count). The zero-order valence-corrected chi connectivity index (χ0v) is 14.5. The van der Waals surface area contributed by atoms with Gasteiger partial charge in [-0.1, -0.05) is 11.6 Å². The Kier molecular flexibility index (Phi) is 5.41. The standard InChI is InChI=1S/C14H21ClN2O3S/c1-10-8-11(15)6-7-12(10)21(19,20)17(5)9-13(18)16-14(2,3)4/h6-8H,9H2,1-5H3,(H,16,18). The molecule has 0 aromatic heterocycles. The van der Waals surface area contributed by atoms with Gasteiger partial charge in [0.25, 0.3) is 0 Å². The van der Waals surface area contributed by atoms with Gasteiger partial charge in [-0.15, -0.1) is 0 Å². The van der Waals surface area contributed by atoms with Gasteiger partial charge in [0.15, 0.2) is 0 Å². The number of hydrogen-bond donors (Lipinski definition) is 1. The summed E-state index contributed by atoms with van der Waals surface area (Å²) in [7, 11) is -2.34. The van der Waals surface area contributed by atoms with Crippen LogP contribution in [0.25, 0.3) is 0 Å². The van der Waals surface area contributed by atoms with E-state index in [2.05, 4.69) is 5.32 Å². The Labute approximate surface area is 131 Å². The zero-order valence-electron chi connectivity index (χ0n) is 12.9. The number of nitrogens with zero attached hydrogens (tertiary/aromatic N) is 1. The fourth-order valence-electron chi connectivity index (χ4n) is 1.82. The van der Waals surface area contributed by atoms with Gasteiger partial charge in [0.05, 0.1) is 11.4 Å². The van der Waals surface area contributed by atoms with Crippen LogP contribution in [0.3, 0.4) is 0 Å². The number of aryl methyl sites for hydroxylation is 1. The van der Waals surface area contributed by atoms with Gasteiger partial charge in [0.2, 0.25) is 15.9 Å². The number of amides is 1. The lowest BCUT2D eigenvalue weighted by Crippen LogP contribution is -2.46. The second-order valence-corrected chi connectivity index (χ2v) is 8.42. The van der Waals surface area contributed by atoms with Crippen molar-refractivity contribution in [1.82, 2.24) is 9.62 Å². The average molecular weight is 333 g/mol. The van der Waals surface area contributed by atoms with Crippen molar-refractivity contribution in [3.8, 4) is 0 Å². The molecule has 1 aromatic rings. The summed E-state index contributed by atoms with van der Waals surface area (Å²) < 4.78 is 26.0. The predicted molar refractivity (Wildman–Crippen MR) is 83.9 cm³/mol. The van der Waals surface area contributed by atoms with Crippen LogP contribution in [0.15, 0.2) is 23.1 Å². The molecular weight excluding hydrogens is 312 g/mol. The molecule has 118 valence electrons. The number of halogens is 1. The second-order valence-electron chi connectivity index (χ2n) is 5.97. The minimum atomic E-state index is -3.72. The lowest BCUT2D eigenvalue weighted by atomic mass is 10.1. The molecule has 0 atom stereocenters. The smallest absolute Gasteiger partial charge is 0.243 e. The first kappa shape index (κ1) is 17.9. The monoisotopic (exact) mass is 332 g/mol. The van der Waals surface area contributed by atoms with Crippen molar-refractivity contribution in [3.63, 3.8) is 0 Å². The number of sulfonamides is 1. The Morgan fingerprint density at radius 3 is 2.38 bits per heavy atom. The van der Waals surface area contributed by atoms with Crippen LogP contribution >= 0.6 is 11.6 Å². The molecule has 0 bridgehead atoms. The molecule has 0 radical (unpaired) electrons. The number of nitrogens with one attached hydrogen (secondary N) is 1. The van der Waals surface area contributed by atoms with Gasteiger partial charge in [0.1, 0.15) is 0 Å². The topological polar surface area (TPSA) is 66.5 Å². The van der Waals surface area contributed by atoms with Crippen LogP contribution < -0.4 is 5.32 Å². The van der Waals surface area contributed by atoms with Crippen molar-refractivity contribution < 1.29 is 13.2 Å². The molecule has 0 aliphatic carbocycles. The molecule has 1 N–H and O–H groups in total. The maximum atomic E-state index is 12.5. The molecule has 7 heteroatoms. The molecule has 0 saturated heterocycles. The summed E-state index contributed by atoms with van der Waals surface area (Å²) in [5.74, 6) is -0.347. The summed E-state index contributed by atoms with van der Waals surface area (Å²) in [6.45, 7) is 6.94. The van der Waals surface area contributed by atoms with Gasteiger partial charge in [-0.25, -0.2) is 8.42 Å². The van der Waals surface area contributed by atoms with E-state index in [0.717, 1.165) is 4.31 Å². The third-order valence-electron chi connectivity index (χ3n) is 2.71. The highest BCUT2D eigenvalue weighted by molar-refractivity contribution is 7.89. The highest BCUT2D eigenvalue weighted by Crippen LogP contribution is 2.22. The van der Waals surface area contributed by atoms with Crippen LogP contribution in [0.4, 0.5) is 0 Å². The summed E-state index contributed by atoms with van der Waals surface area (Å²) >= 11 is 5.83. The van der Waals surface area contributed by atoms with Crippen LogP contribution in [-0.2, 0) is 14.8 Å². The Morgan fingerprint density at radius 1 is 1.33 bits per heavy atom.